The van der Waals surface area contributed by atoms with Gasteiger partial charge in [-0.3, -0.25) is 4.98 Å². The van der Waals surface area contributed by atoms with E-state index in [9.17, 15) is 0 Å². The van der Waals surface area contributed by atoms with Crippen molar-refractivity contribution >= 4 is 38.2 Å². The van der Waals surface area contributed by atoms with Crippen molar-refractivity contribution in [2.45, 2.75) is 20.3 Å². The molecule has 4 nitrogen and oxygen atoms in total. The number of nitriles is 1. The Morgan fingerprint density at radius 2 is 2.19 bits per heavy atom. The number of anilines is 2. The largest absolute Gasteiger partial charge is 0.398 e. The Bertz CT molecular complexity index is 676. The van der Waals surface area contributed by atoms with Gasteiger partial charge in [-0.15, -0.1) is 0 Å². The lowest BCUT2D eigenvalue weighted by molar-refractivity contribution is 0.613. The predicted molar refractivity (Wildman–Crippen MR) is 91.1 cm³/mol. The molecule has 0 saturated heterocycles. The zero-order valence-corrected chi connectivity index (χ0v) is 13.9. The van der Waals surface area contributed by atoms with Crippen LogP contribution in [0.15, 0.2) is 28.9 Å². The minimum absolute atomic E-state index is 0.495. The highest BCUT2D eigenvalue weighted by Crippen LogP contribution is 2.31. The minimum atomic E-state index is 0.495. The number of benzene rings is 1. The average Bonchev–Trinajstić information content (AvgIpc) is 2.44. The molecule has 2 aromatic rings. The molecule has 5 heteroatoms. The SMILES string of the molecule is CC(C)CN(CCC#N)c1ccc(N)c2cc(Br)cnc12. The summed E-state index contributed by atoms with van der Waals surface area (Å²) in [7, 11) is 0. The van der Waals surface area contributed by atoms with Crippen molar-refractivity contribution in [3.63, 3.8) is 0 Å². The number of rotatable bonds is 5. The molecule has 0 amide bonds. The van der Waals surface area contributed by atoms with Crippen LogP contribution >= 0.6 is 15.9 Å². The van der Waals surface area contributed by atoms with E-state index >= 15 is 0 Å². The van der Waals surface area contributed by atoms with Crippen molar-refractivity contribution < 1.29 is 0 Å². The molecule has 0 aliphatic heterocycles. The van der Waals surface area contributed by atoms with Crippen LogP contribution in [0.5, 0.6) is 0 Å². The first kappa shape index (κ1) is 15.6. The Morgan fingerprint density at radius 3 is 2.86 bits per heavy atom. The van der Waals surface area contributed by atoms with Crippen LogP contribution in [0.2, 0.25) is 0 Å². The monoisotopic (exact) mass is 346 g/mol. The summed E-state index contributed by atoms with van der Waals surface area (Å²) >= 11 is 3.44. The molecule has 0 spiro atoms. The molecular weight excluding hydrogens is 328 g/mol. The fourth-order valence-electron chi connectivity index (χ4n) is 2.39. The summed E-state index contributed by atoms with van der Waals surface area (Å²) in [5.41, 5.74) is 8.70. The Balaban J connectivity index is 2.52. The van der Waals surface area contributed by atoms with Gasteiger partial charge >= 0.3 is 0 Å². The zero-order valence-electron chi connectivity index (χ0n) is 12.3. The second kappa shape index (κ2) is 6.77. The number of fused-ring (bicyclic) bond motifs is 1. The van der Waals surface area contributed by atoms with Crippen molar-refractivity contribution in [3.05, 3.63) is 28.9 Å². The summed E-state index contributed by atoms with van der Waals surface area (Å²) < 4.78 is 0.909. The normalized spacial score (nSPS) is 10.8. The summed E-state index contributed by atoms with van der Waals surface area (Å²) in [6, 6.07) is 8.11. The predicted octanol–water partition coefficient (Wildman–Crippen LogP) is 3.96. The van der Waals surface area contributed by atoms with Crippen LogP contribution in [0.3, 0.4) is 0 Å². The maximum atomic E-state index is 8.87. The summed E-state index contributed by atoms with van der Waals surface area (Å²) in [5, 5.41) is 9.81. The van der Waals surface area contributed by atoms with Gasteiger partial charge in [0.05, 0.1) is 23.7 Å². The van der Waals surface area contributed by atoms with Crippen molar-refractivity contribution in [3.8, 4) is 6.07 Å². The first-order valence-corrected chi connectivity index (χ1v) is 7.78. The summed E-state index contributed by atoms with van der Waals surface area (Å²) in [6.07, 6.45) is 2.28. The topological polar surface area (TPSA) is 65.9 Å². The zero-order chi connectivity index (χ0) is 15.4. The van der Waals surface area contributed by atoms with E-state index in [1.165, 1.54) is 0 Å². The van der Waals surface area contributed by atoms with Gasteiger partial charge in [-0.05, 0) is 40.0 Å². The molecule has 1 heterocycles. The maximum Gasteiger partial charge on any atom is 0.0956 e. The van der Waals surface area contributed by atoms with Gasteiger partial charge in [0.2, 0.25) is 0 Å². The van der Waals surface area contributed by atoms with Crippen LogP contribution in [0.4, 0.5) is 11.4 Å². The van der Waals surface area contributed by atoms with Crippen molar-refractivity contribution in [2.24, 2.45) is 5.92 Å². The second-order valence-corrected chi connectivity index (χ2v) is 6.39. The summed E-state index contributed by atoms with van der Waals surface area (Å²) in [5.74, 6) is 0.506. The Hall–Kier alpha value is -1.80. The molecule has 0 radical (unpaired) electrons. The van der Waals surface area contributed by atoms with Crippen molar-refractivity contribution in [1.82, 2.24) is 4.98 Å². The average molecular weight is 347 g/mol. The fraction of sp³-hybridized carbons (Fsp3) is 0.375. The lowest BCUT2D eigenvalue weighted by atomic mass is 10.1. The van der Waals surface area contributed by atoms with Gasteiger partial charge in [0, 0.05) is 34.8 Å². The van der Waals surface area contributed by atoms with Crippen LogP contribution in [0.25, 0.3) is 10.9 Å². The van der Waals surface area contributed by atoms with Gasteiger partial charge in [-0.2, -0.15) is 5.26 Å². The molecule has 0 atom stereocenters. The Morgan fingerprint density at radius 1 is 1.43 bits per heavy atom. The molecule has 0 saturated carbocycles. The third-order valence-electron chi connectivity index (χ3n) is 3.25. The van der Waals surface area contributed by atoms with E-state index in [0.717, 1.165) is 27.6 Å². The van der Waals surface area contributed by atoms with Crippen molar-refractivity contribution in [2.75, 3.05) is 23.7 Å². The maximum absolute atomic E-state index is 8.87. The number of pyridine rings is 1. The second-order valence-electron chi connectivity index (χ2n) is 5.47. The molecule has 0 fully saturated rings. The number of hydrogen-bond donors (Lipinski definition) is 1. The number of aromatic nitrogens is 1. The number of nitrogens with two attached hydrogens (primary N) is 1. The highest BCUT2D eigenvalue weighted by molar-refractivity contribution is 9.10. The van der Waals surface area contributed by atoms with E-state index in [0.29, 0.717) is 24.6 Å². The van der Waals surface area contributed by atoms with Gasteiger partial charge < -0.3 is 10.6 Å². The first-order chi connectivity index (χ1) is 10.0. The van der Waals surface area contributed by atoms with E-state index in [-0.39, 0.29) is 0 Å². The fourth-order valence-corrected chi connectivity index (χ4v) is 2.72. The number of nitrogens with zero attached hydrogens (tertiary/aromatic N) is 3. The van der Waals surface area contributed by atoms with Crippen LogP contribution in [0.1, 0.15) is 20.3 Å². The molecular formula is C16H19BrN4. The molecule has 1 aromatic heterocycles. The Kier molecular flexibility index (Phi) is 5.03. The number of hydrogen-bond acceptors (Lipinski definition) is 4. The van der Waals surface area contributed by atoms with Gasteiger partial charge in [0.1, 0.15) is 0 Å². The summed E-state index contributed by atoms with van der Waals surface area (Å²) in [6.45, 7) is 5.93. The smallest absolute Gasteiger partial charge is 0.0956 e. The molecule has 0 aliphatic rings. The van der Waals surface area contributed by atoms with Gasteiger partial charge in [-0.25, -0.2) is 0 Å². The molecule has 0 aliphatic carbocycles. The molecule has 2 N–H and O–H groups in total. The molecule has 2 rings (SSSR count). The van der Waals surface area contributed by atoms with Crippen LogP contribution in [0, 0.1) is 17.2 Å². The van der Waals surface area contributed by atoms with E-state index < -0.39 is 0 Å². The van der Waals surface area contributed by atoms with Crippen LogP contribution in [-0.4, -0.2) is 18.1 Å². The lowest BCUT2D eigenvalue weighted by Gasteiger charge is -2.27. The lowest BCUT2D eigenvalue weighted by Crippen LogP contribution is -2.28. The number of halogens is 1. The first-order valence-electron chi connectivity index (χ1n) is 6.98. The number of nitrogen functional groups attached to an aromatic ring is 1. The minimum Gasteiger partial charge on any atom is -0.398 e. The molecule has 0 unspecified atom stereocenters. The quantitative estimate of drug-likeness (QED) is 0.832. The third kappa shape index (κ3) is 3.64. The van der Waals surface area contributed by atoms with E-state index in [1.807, 2.05) is 18.2 Å². The van der Waals surface area contributed by atoms with Gasteiger partial charge in [-0.1, -0.05) is 13.8 Å². The molecule has 21 heavy (non-hydrogen) atoms. The molecule has 1 aromatic carbocycles. The highest BCUT2D eigenvalue weighted by Gasteiger charge is 2.14. The van der Waals surface area contributed by atoms with Crippen LogP contribution in [-0.2, 0) is 0 Å². The van der Waals surface area contributed by atoms with Crippen molar-refractivity contribution in [1.29, 1.82) is 5.26 Å². The van der Waals surface area contributed by atoms with Gasteiger partial charge in [0.25, 0.3) is 0 Å². The Labute approximate surface area is 133 Å². The van der Waals surface area contributed by atoms with E-state index in [1.54, 1.807) is 6.20 Å². The molecule has 0 bridgehead atoms. The highest BCUT2D eigenvalue weighted by atomic mass is 79.9. The van der Waals surface area contributed by atoms with Gasteiger partial charge in [0.15, 0.2) is 0 Å². The molecule has 110 valence electrons. The van der Waals surface area contributed by atoms with E-state index in [2.05, 4.69) is 45.7 Å². The van der Waals surface area contributed by atoms with Crippen LogP contribution < -0.4 is 10.6 Å². The van der Waals surface area contributed by atoms with E-state index in [4.69, 9.17) is 11.0 Å². The third-order valence-corrected chi connectivity index (χ3v) is 3.68. The standard InChI is InChI=1S/C16H19BrN4/c1-11(2)10-21(7-3-6-18)15-5-4-14(19)13-8-12(17)9-20-16(13)15/h4-5,8-9,11H,3,7,10,19H2,1-2H3. The summed E-state index contributed by atoms with van der Waals surface area (Å²) in [4.78, 5) is 6.75.